The van der Waals surface area contributed by atoms with Crippen molar-refractivity contribution in [3.8, 4) is 5.75 Å². The van der Waals surface area contributed by atoms with E-state index in [4.69, 9.17) is 9.47 Å². The Morgan fingerprint density at radius 3 is 2.33 bits per heavy atom. The van der Waals surface area contributed by atoms with Crippen LogP contribution >= 0.6 is 0 Å². The third-order valence-corrected chi connectivity index (χ3v) is 3.23. The maximum Gasteiger partial charge on any atom is 0.408 e. The maximum absolute atomic E-state index is 12.2. The van der Waals surface area contributed by atoms with E-state index < -0.39 is 17.7 Å². The van der Waals surface area contributed by atoms with Crippen LogP contribution in [0.2, 0.25) is 0 Å². The van der Waals surface area contributed by atoms with E-state index in [9.17, 15) is 9.59 Å². The average molecular weight is 336 g/mol. The van der Waals surface area contributed by atoms with Crippen LogP contribution in [0.4, 0.5) is 4.79 Å². The normalized spacial score (nSPS) is 13.6. The second kappa shape index (κ2) is 8.57. The molecule has 0 saturated heterocycles. The number of nitrogens with one attached hydrogen (secondary N) is 2. The van der Waals surface area contributed by atoms with Gasteiger partial charge in [0.15, 0.2) is 0 Å². The van der Waals surface area contributed by atoms with Gasteiger partial charge in [-0.3, -0.25) is 4.79 Å². The molecule has 0 bridgehead atoms. The molecule has 0 radical (unpaired) electrons. The highest BCUT2D eigenvalue weighted by molar-refractivity contribution is 5.85. The Kier molecular flexibility index (Phi) is 7.07. The average Bonchev–Trinajstić information content (AvgIpc) is 2.45. The van der Waals surface area contributed by atoms with E-state index in [0.717, 1.165) is 11.3 Å². The number of methoxy groups -OCH3 is 1. The molecule has 1 aromatic carbocycles. The summed E-state index contributed by atoms with van der Waals surface area (Å²) in [6.45, 7) is 8.84. The molecule has 1 rings (SSSR count). The van der Waals surface area contributed by atoms with Gasteiger partial charge in [-0.25, -0.2) is 4.79 Å². The molecule has 0 heterocycles. The standard InChI is InChI=1S/C18H28N2O4/c1-12(11-14-9-7-8-10-15(14)23-6)19-16(21)13(2)20-17(22)24-18(3,4)5/h7-10,12-13H,11H2,1-6H3,(H,19,21)(H,20,22)/t12?,13-/m1/s1. The second-order valence-corrected chi connectivity index (χ2v) is 6.79. The lowest BCUT2D eigenvalue weighted by atomic mass is 10.1. The first-order valence-corrected chi connectivity index (χ1v) is 8.04. The largest absolute Gasteiger partial charge is 0.496 e. The topological polar surface area (TPSA) is 76.7 Å². The van der Waals surface area contributed by atoms with Crippen LogP contribution < -0.4 is 15.4 Å². The summed E-state index contributed by atoms with van der Waals surface area (Å²) in [6, 6.07) is 6.90. The van der Waals surface area contributed by atoms with Crippen molar-refractivity contribution in [2.45, 2.75) is 58.7 Å². The monoisotopic (exact) mass is 336 g/mol. The number of carbonyl (C=O) groups is 2. The van der Waals surface area contributed by atoms with Gasteiger partial charge in [-0.2, -0.15) is 0 Å². The molecule has 2 N–H and O–H groups in total. The van der Waals surface area contributed by atoms with Gasteiger partial charge in [-0.1, -0.05) is 18.2 Å². The van der Waals surface area contributed by atoms with Crippen molar-refractivity contribution >= 4 is 12.0 Å². The molecule has 2 amide bonds. The van der Waals surface area contributed by atoms with Gasteiger partial charge in [0.25, 0.3) is 0 Å². The zero-order valence-corrected chi connectivity index (χ0v) is 15.3. The number of para-hydroxylation sites is 1. The van der Waals surface area contributed by atoms with Crippen molar-refractivity contribution in [3.05, 3.63) is 29.8 Å². The molecule has 0 aliphatic rings. The zero-order chi connectivity index (χ0) is 18.3. The van der Waals surface area contributed by atoms with E-state index in [0.29, 0.717) is 6.42 Å². The van der Waals surface area contributed by atoms with E-state index in [2.05, 4.69) is 10.6 Å². The lowest BCUT2D eigenvalue weighted by Gasteiger charge is -2.23. The Bertz CT molecular complexity index is 566. The summed E-state index contributed by atoms with van der Waals surface area (Å²) in [5, 5.41) is 5.41. The highest BCUT2D eigenvalue weighted by atomic mass is 16.6. The summed E-state index contributed by atoms with van der Waals surface area (Å²) in [5.41, 5.74) is 0.415. The fourth-order valence-electron chi connectivity index (χ4n) is 2.17. The van der Waals surface area contributed by atoms with Crippen molar-refractivity contribution in [3.63, 3.8) is 0 Å². The number of rotatable bonds is 6. The first-order chi connectivity index (χ1) is 11.1. The number of benzene rings is 1. The SMILES string of the molecule is COc1ccccc1CC(C)NC(=O)[C@@H](C)NC(=O)OC(C)(C)C. The third-order valence-electron chi connectivity index (χ3n) is 3.23. The highest BCUT2D eigenvalue weighted by Gasteiger charge is 2.22. The molecule has 1 aromatic rings. The first kappa shape index (κ1) is 19.8. The Hall–Kier alpha value is -2.24. The fraction of sp³-hybridized carbons (Fsp3) is 0.556. The summed E-state index contributed by atoms with van der Waals surface area (Å²) in [7, 11) is 1.62. The van der Waals surface area contributed by atoms with Crippen LogP contribution in [0.1, 0.15) is 40.2 Å². The van der Waals surface area contributed by atoms with Crippen molar-refractivity contribution in [2.75, 3.05) is 7.11 Å². The predicted octanol–water partition coefficient (Wildman–Crippen LogP) is 2.66. The van der Waals surface area contributed by atoms with Gasteiger partial charge >= 0.3 is 6.09 Å². The van der Waals surface area contributed by atoms with E-state index >= 15 is 0 Å². The van der Waals surface area contributed by atoms with Crippen LogP contribution in [0.3, 0.4) is 0 Å². The quantitative estimate of drug-likeness (QED) is 0.837. The Balaban J connectivity index is 2.52. The number of ether oxygens (including phenoxy) is 2. The van der Waals surface area contributed by atoms with Crippen molar-refractivity contribution in [1.29, 1.82) is 0 Å². The minimum Gasteiger partial charge on any atom is -0.496 e. The lowest BCUT2D eigenvalue weighted by Crippen LogP contribution is -2.49. The second-order valence-electron chi connectivity index (χ2n) is 6.79. The molecule has 134 valence electrons. The molecule has 0 spiro atoms. The third kappa shape index (κ3) is 6.89. The molecule has 0 fully saturated rings. The van der Waals surface area contributed by atoms with Crippen LogP contribution in [0.5, 0.6) is 5.75 Å². The number of hydrogen-bond donors (Lipinski definition) is 2. The van der Waals surface area contributed by atoms with Gasteiger partial charge in [-0.05, 0) is 52.7 Å². The summed E-state index contributed by atoms with van der Waals surface area (Å²) >= 11 is 0. The van der Waals surface area contributed by atoms with Gasteiger partial charge in [0.1, 0.15) is 17.4 Å². The molecule has 0 saturated carbocycles. The molecule has 0 aliphatic heterocycles. The fourth-order valence-corrected chi connectivity index (χ4v) is 2.17. The maximum atomic E-state index is 12.2. The van der Waals surface area contributed by atoms with Gasteiger partial charge in [0.05, 0.1) is 7.11 Å². The Morgan fingerprint density at radius 2 is 1.75 bits per heavy atom. The van der Waals surface area contributed by atoms with Gasteiger partial charge < -0.3 is 20.1 Å². The highest BCUT2D eigenvalue weighted by Crippen LogP contribution is 2.18. The van der Waals surface area contributed by atoms with Crippen LogP contribution in [0, 0.1) is 0 Å². The number of alkyl carbamates (subject to hydrolysis) is 1. The number of amides is 2. The molecule has 2 atom stereocenters. The molecule has 6 nitrogen and oxygen atoms in total. The molecular formula is C18H28N2O4. The summed E-state index contributed by atoms with van der Waals surface area (Å²) in [5.74, 6) is 0.529. The van der Waals surface area contributed by atoms with Gasteiger partial charge in [-0.15, -0.1) is 0 Å². The van der Waals surface area contributed by atoms with Crippen LogP contribution in [-0.2, 0) is 16.0 Å². The van der Waals surface area contributed by atoms with Crippen molar-refractivity contribution in [1.82, 2.24) is 10.6 Å². The van der Waals surface area contributed by atoms with Gasteiger partial charge in [0, 0.05) is 6.04 Å². The molecule has 1 unspecified atom stereocenters. The van der Waals surface area contributed by atoms with Crippen LogP contribution in [-0.4, -0.2) is 36.8 Å². The number of hydrogen-bond acceptors (Lipinski definition) is 4. The van der Waals surface area contributed by atoms with Crippen molar-refractivity contribution in [2.24, 2.45) is 0 Å². The van der Waals surface area contributed by atoms with E-state index in [-0.39, 0.29) is 11.9 Å². The minimum absolute atomic E-state index is 0.100. The Morgan fingerprint density at radius 1 is 1.12 bits per heavy atom. The van der Waals surface area contributed by atoms with E-state index in [1.54, 1.807) is 34.8 Å². The summed E-state index contributed by atoms with van der Waals surface area (Å²) < 4.78 is 10.5. The number of carbonyl (C=O) groups excluding carboxylic acids is 2. The predicted molar refractivity (Wildman–Crippen MR) is 93.1 cm³/mol. The minimum atomic E-state index is -0.681. The summed E-state index contributed by atoms with van der Waals surface area (Å²) in [4.78, 5) is 23.9. The van der Waals surface area contributed by atoms with Crippen LogP contribution in [0.15, 0.2) is 24.3 Å². The van der Waals surface area contributed by atoms with E-state index in [1.165, 1.54) is 0 Å². The molecule has 6 heteroatoms. The van der Waals surface area contributed by atoms with Crippen molar-refractivity contribution < 1.29 is 19.1 Å². The van der Waals surface area contributed by atoms with E-state index in [1.807, 2.05) is 31.2 Å². The van der Waals surface area contributed by atoms with Crippen LogP contribution in [0.25, 0.3) is 0 Å². The zero-order valence-electron chi connectivity index (χ0n) is 15.3. The Labute approximate surface area is 143 Å². The molecule has 0 aromatic heterocycles. The smallest absolute Gasteiger partial charge is 0.408 e. The molecular weight excluding hydrogens is 308 g/mol. The lowest BCUT2D eigenvalue weighted by molar-refractivity contribution is -0.123. The molecule has 24 heavy (non-hydrogen) atoms. The first-order valence-electron chi connectivity index (χ1n) is 8.04. The van der Waals surface area contributed by atoms with Gasteiger partial charge in [0.2, 0.25) is 5.91 Å². The molecule has 0 aliphatic carbocycles. The summed E-state index contributed by atoms with van der Waals surface area (Å²) in [6.07, 6.45) is 0.0251.